The van der Waals surface area contributed by atoms with Gasteiger partial charge in [-0.3, -0.25) is 9.59 Å². The van der Waals surface area contributed by atoms with Crippen molar-refractivity contribution in [1.82, 2.24) is 0 Å². The lowest BCUT2D eigenvalue weighted by Crippen LogP contribution is -2.28. The fourth-order valence-corrected chi connectivity index (χ4v) is 3.17. The van der Waals surface area contributed by atoms with Crippen LogP contribution in [-0.2, 0) is 16.0 Å². The summed E-state index contributed by atoms with van der Waals surface area (Å²) in [4.78, 5) is 26.7. The van der Waals surface area contributed by atoms with Crippen molar-refractivity contribution >= 4 is 23.2 Å². The summed E-state index contributed by atoms with van der Waals surface area (Å²) in [6.07, 6.45) is 1.22. The van der Waals surface area contributed by atoms with Crippen LogP contribution in [0.15, 0.2) is 42.5 Å². The Bertz CT molecular complexity index is 796. The molecule has 1 saturated heterocycles. The first kappa shape index (κ1) is 17.2. The third-order valence-electron chi connectivity index (χ3n) is 5.01. The SMILES string of the molecule is CCc1ccc(N2C[C@H](C(=O)Nc3cccc(C)c3C)CC2=O)cc1. The van der Waals surface area contributed by atoms with Crippen molar-refractivity contribution in [3.05, 3.63) is 59.2 Å². The molecule has 2 aromatic rings. The predicted octanol–water partition coefficient (Wildman–Crippen LogP) is 3.86. The maximum absolute atomic E-state index is 12.6. The van der Waals surface area contributed by atoms with Gasteiger partial charge < -0.3 is 10.2 Å². The minimum absolute atomic E-state index is 0.00497. The Hall–Kier alpha value is -2.62. The van der Waals surface area contributed by atoms with Gasteiger partial charge in [0.05, 0.1) is 5.92 Å². The van der Waals surface area contributed by atoms with E-state index >= 15 is 0 Å². The van der Waals surface area contributed by atoms with E-state index < -0.39 is 0 Å². The fraction of sp³-hybridized carbons (Fsp3) is 0.333. The number of nitrogens with one attached hydrogen (secondary N) is 1. The number of amides is 2. The zero-order valence-corrected chi connectivity index (χ0v) is 15.0. The highest BCUT2D eigenvalue weighted by molar-refractivity contribution is 6.03. The van der Waals surface area contributed by atoms with Crippen molar-refractivity contribution in [3.8, 4) is 0 Å². The average Bonchev–Trinajstić information content (AvgIpc) is 3.01. The van der Waals surface area contributed by atoms with Gasteiger partial charge in [-0.1, -0.05) is 31.2 Å². The van der Waals surface area contributed by atoms with Crippen molar-refractivity contribution in [2.75, 3.05) is 16.8 Å². The van der Waals surface area contributed by atoms with Gasteiger partial charge in [0.15, 0.2) is 0 Å². The highest BCUT2D eigenvalue weighted by Crippen LogP contribution is 2.27. The van der Waals surface area contributed by atoms with Gasteiger partial charge in [-0.05, 0) is 55.2 Å². The first-order chi connectivity index (χ1) is 12.0. The van der Waals surface area contributed by atoms with Gasteiger partial charge in [0.25, 0.3) is 0 Å². The van der Waals surface area contributed by atoms with Gasteiger partial charge in [-0.2, -0.15) is 0 Å². The summed E-state index contributed by atoms with van der Waals surface area (Å²) in [6, 6.07) is 13.8. The quantitative estimate of drug-likeness (QED) is 0.922. The van der Waals surface area contributed by atoms with Crippen LogP contribution in [0.2, 0.25) is 0 Å². The Morgan fingerprint density at radius 3 is 2.56 bits per heavy atom. The summed E-state index contributed by atoms with van der Waals surface area (Å²) in [5, 5.41) is 2.99. The Kier molecular flexibility index (Phi) is 4.88. The molecular formula is C21H24N2O2. The Balaban J connectivity index is 1.71. The summed E-state index contributed by atoms with van der Waals surface area (Å²) in [5.74, 6) is -0.404. The predicted molar refractivity (Wildman–Crippen MR) is 101 cm³/mol. The molecule has 1 heterocycles. The molecule has 4 nitrogen and oxygen atoms in total. The number of benzene rings is 2. The fourth-order valence-electron chi connectivity index (χ4n) is 3.17. The van der Waals surface area contributed by atoms with Crippen molar-refractivity contribution in [2.24, 2.45) is 5.92 Å². The molecule has 3 rings (SSSR count). The molecule has 0 bridgehead atoms. The third-order valence-corrected chi connectivity index (χ3v) is 5.01. The monoisotopic (exact) mass is 336 g/mol. The summed E-state index contributed by atoms with van der Waals surface area (Å²) in [5.41, 5.74) is 5.12. The number of anilines is 2. The Morgan fingerprint density at radius 1 is 1.16 bits per heavy atom. The summed E-state index contributed by atoms with van der Waals surface area (Å²) in [6.45, 7) is 6.54. The topological polar surface area (TPSA) is 49.4 Å². The molecule has 2 aromatic carbocycles. The van der Waals surface area contributed by atoms with Gasteiger partial charge >= 0.3 is 0 Å². The van der Waals surface area contributed by atoms with E-state index in [2.05, 4.69) is 12.2 Å². The van der Waals surface area contributed by atoms with E-state index in [4.69, 9.17) is 0 Å². The zero-order valence-electron chi connectivity index (χ0n) is 15.0. The lowest BCUT2D eigenvalue weighted by Gasteiger charge is -2.17. The standard InChI is InChI=1S/C21H24N2O2/c1-4-16-8-10-18(11-9-16)23-13-17(12-20(23)24)21(25)22-19-7-5-6-14(2)15(19)3/h5-11,17H,4,12-13H2,1-3H3,(H,22,25)/t17-/m1/s1. The molecule has 0 unspecified atom stereocenters. The number of rotatable bonds is 4. The molecule has 0 spiro atoms. The summed E-state index contributed by atoms with van der Waals surface area (Å²) in [7, 11) is 0. The number of hydrogen-bond donors (Lipinski definition) is 1. The van der Waals surface area contributed by atoms with Crippen molar-refractivity contribution in [2.45, 2.75) is 33.6 Å². The molecule has 1 aliphatic heterocycles. The van der Waals surface area contributed by atoms with E-state index in [-0.39, 0.29) is 24.2 Å². The molecule has 2 amide bonds. The molecule has 130 valence electrons. The molecule has 4 heteroatoms. The summed E-state index contributed by atoms with van der Waals surface area (Å²) >= 11 is 0. The number of carbonyl (C=O) groups is 2. The number of hydrogen-bond acceptors (Lipinski definition) is 2. The molecule has 0 aliphatic carbocycles. The Labute approximate surface area is 148 Å². The maximum atomic E-state index is 12.6. The van der Waals surface area contributed by atoms with Gasteiger partial charge in [0, 0.05) is 24.3 Å². The second-order valence-electron chi connectivity index (χ2n) is 6.66. The molecule has 25 heavy (non-hydrogen) atoms. The third kappa shape index (κ3) is 3.58. The first-order valence-corrected chi connectivity index (χ1v) is 8.76. The molecule has 1 N–H and O–H groups in total. The van der Waals surface area contributed by atoms with Crippen LogP contribution in [0.4, 0.5) is 11.4 Å². The van der Waals surface area contributed by atoms with E-state index in [1.54, 1.807) is 4.90 Å². The normalized spacial score (nSPS) is 17.0. The highest BCUT2D eigenvalue weighted by atomic mass is 16.2. The van der Waals surface area contributed by atoms with Crippen LogP contribution in [0.5, 0.6) is 0 Å². The van der Waals surface area contributed by atoms with Crippen LogP contribution in [-0.4, -0.2) is 18.4 Å². The van der Waals surface area contributed by atoms with Crippen LogP contribution in [0, 0.1) is 19.8 Å². The average molecular weight is 336 g/mol. The molecule has 0 radical (unpaired) electrons. The first-order valence-electron chi connectivity index (χ1n) is 8.76. The molecule has 1 aliphatic rings. The van der Waals surface area contributed by atoms with Crippen molar-refractivity contribution < 1.29 is 9.59 Å². The van der Waals surface area contributed by atoms with Crippen LogP contribution in [0.1, 0.15) is 30.0 Å². The van der Waals surface area contributed by atoms with E-state index in [1.807, 2.05) is 56.3 Å². The largest absolute Gasteiger partial charge is 0.326 e. The van der Waals surface area contributed by atoms with Gasteiger partial charge in [-0.25, -0.2) is 0 Å². The number of nitrogens with zero attached hydrogens (tertiary/aromatic N) is 1. The molecule has 1 fully saturated rings. The molecular weight excluding hydrogens is 312 g/mol. The molecule has 0 saturated carbocycles. The number of carbonyl (C=O) groups excluding carboxylic acids is 2. The van der Waals surface area contributed by atoms with Crippen LogP contribution < -0.4 is 10.2 Å². The second kappa shape index (κ2) is 7.09. The second-order valence-corrected chi connectivity index (χ2v) is 6.66. The van der Waals surface area contributed by atoms with Crippen LogP contribution in [0.25, 0.3) is 0 Å². The number of aryl methyl sites for hydroxylation is 2. The zero-order chi connectivity index (χ0) is 18.0. The molecule has 1 atom stereocenters. The van der Waals surface area contributed by atoms with E-state index in [0.29, 0.717) is 6.54 Å². The molecule has 0 aromatic heterocycles. The van der Waals surface area contributed by atoms with Gasteiger partial charge in [-0.15, -0.1) is 0 Å². The lowest BCUT2D eigenvalue weighted by molar-refractivity contribution is -0.122. The van der Waals surface area contributed by atoms with Gasteiger partial charge in [0.1, 0.15) is 0 Å². The van der Waals surface area contributed by atoms with E-state index in [1.165, 1.54) is 5.56 Å². The van der Waals surface area contributed by atoms with E-state index in [9.17, 15) is 9.59 Å². The van der Waals surface area contributed by atoms with Crippen LogP contribution in [0.3, 0.4) is 0 Å². The maximum Gasteiger partial charge on any atom is 0.229 e. The van der Waals surface area contributed by atoms with Gasteiger partial charge in [0.2, 0.25) is 11.8 Å². The summed E-state index contributed by atoms with van der Waals surface area (Å²) < 4.78 is 0. The van der Waals surface area contributed by atoms with Crippen LogP contribution >= 0.6 is 0 Å². The van der Waals surface area contributed by atoms with Crippen molar-refractivity contribution in [1.29, 1.82) is 0 Å². The smallest absolute Gasteiger partial charge is 0.229 e. The minimum Gasteiger partial charge on any atom is -0.326 e. The van der Waals surface area contributed by atoms with E-state index in [0.717, 1.165) is 28.9 Å². The Morgan fingerprint density at radius 2 is 1.88 bits per heavy atom. The van der Waals surface area contributed by atoms with Crippen molar-refractivity contribution in [3.63, 3.8) is 0 Å². The lowest BCUT2D eigenvalue weighted by atomic mass is 10.1. The highest BCUT2D eigenvalue weighted by Gasteiger charge is 2.35. The minimum atomic E-state index is -0.321.